The molecule has 11 heavy (non-hydrogen) atoms. The van der Waals surface area contributed by atoms with Gasteiger partial charge in [-0.05, 0) is 18.2 Å². The van der Waals surface area contributed by atoms with E-state index in [1.807, 2.05) is 6.07 Å². The molecule has 2 heteroatoms. The van der Waals surface area contributed by atoms with Crippen molar-refractivity contribution in [2.75, 3.05) is 5.73 Å². The number of terminal acetylenes is 1. The normalized spacial score (nSPS) is 8.18. The third-order valence-electron chi connectivity index (χ3n) is 1.32. The molecule has 52 valence electrons. The van der Waals surface area contributed by atoms with Gasteiger partial charge in [-0.2, -0.15) is 5.26 Å². The van der Waals surface area contributed by atoms with Gasteiger partial charge in [0.15, 0.2) is 0 Å². The highest BCUT2D eigenvalue weighted by atomic mass is 14.5. The maximum absolute atomic E-state index is 8.55. The fourth-order valence-electron chi connectivity index (χ4n) is 0.779. The van der Waals surface area contributed by atoms with E-state index in [9.17, 15) is 0 Å². The summed E-state index contributed by atoms with van der Waals surface area (Å²) in [5.74, 6) is 2.38. The first kappa shape index (κ1) is 7.18. The molecule has 1 rings (SSSR count). The summed E-state index contributed by atoms with van der Waals surface area (Å²) in [6.07, 6.45) is 5.14. The lowest BCUT2D eigenvalue weighted by Gasteiger charge is -1.95. The van der Waals surface area contributed by atoms with Gasteiger partial charge in [0.1, 0.15) is 6.07 Å². The second-order valence-electron chi connectivity index (χ2n) is 2.06. The summed E-state index contributed by atoms with van der Waals surface area (Å²) in [6.45, 7) is 0. The predicted octanol–water partition coefficient (Wildman–Crippen LogP) is 1.12. The number of nitriles is 1. The highest BCUT2D eigenvalue weighted by molar-refractivity contribution is 5.54. The van der Waals surface area contributed by atoms with Crippen molar-refractivity contribution in [3.63, 3.8) is 0 Å². The van der Waals surface area contributed by atoms with Crippen molar-refractivity contribution in [1.29, 1.82) is 5.26 Å². The Hall–Kier alpha value is -1.93. The first-order valence-corrected chi connectivity index (χ1v) is 3.04. The Balaban J connectivity index is 3.34. The van der Waals surface area contributed by atoms with Crippen LogP contribution in [0.4, 0.5) is 5.69 Å². The number of nitrogens with zero attached hydrogens (tertiary/aromatic N) is 1. The Morgan fingerprint density at radius 1 is 1.36 bits per heavy atom. The van der Waals surface area contributed by atoms with Gasteiger partial charge >= 0.3 is 0 Å². The number of hydrogen-bond donors (Lipinski definition) is 1. The Morgan fingerprint density at radius 2 is 2.09 bits per heavy atom. The van der Waals surface area contributed by atoms with Crippen molar-refractivity contribution in [3.8, 4) is 18.4 Å². The van der Waals surface area contributed by atoms with Crippen LogP contribution in [0.1, 0.15) is 11.1 Å². The summed E-state index contributed by atoms with van der Waals surface area (Å²) in [4.78, 5) is 0. The highest BCUT2D eigenvalue weighted by Crippen LogP contribution is 2.10. The van der Waals surface area contributed by atoms with Crippen LogP contribution in [0.15, 0.2) is 18.2 Å². The van der Waals surface area contributed by atoms with Crippen molar-refractivity contribution in [1.82, 2.24) is 0 Å². The molecule has 1 aromatic rings. The van der Waals surface area contributed by atoms with Gasteiger partial charge < -0.3 is 5.73 Å². The van der Waals surface area contributed by atoms with Crippen LogP contribution in [-0.4, -0.2) is 0 Å². The van der Waals surface area contributed by atoms with Gasteiger partial charge in [0.05, 0.1) is 5.56 Å². The van der Waals surface area contributed by atoms with Gasteiger partial charge in [-0.1, -0.05) is 5.92 Å². The average molecular weight is 142 g/mol. The maximum atomic E-state index is 8.55. The van der Waals surface area contributed by atoms with Crippen LogP contribution in [-0.2, 0) is 0 Å². The lowest BCUT2D eigenvalue weighted by molar-refractivity contribution is 1.47. The van der Waals surface area contributed by atoms with E-state index in [0.717, 1.165) is 0 Å². The molecule has 2 N–H and O–H groups in total. The van der Waals surface area contributed by atoms with E-state index in [-0.39, 0.29) is 0 Å². The van der Waals surface area contributed by atoms with Crippen LogP contribution in [0.5, 0.6) is 0 Å². The van der Waals surface area contributed by atoms with Crippen LogP contribution in [0.3, 0.4) is 0 Å². The summed E-state index contributed by atoms with van der Waals surface area (Å²) >= 11 is 0. The summed E-state index contributed by atoms with van der Waals surface area (Å²) in [7, 11) is 0. The maximum Gasteiger partial charge on any atom is 0.100 e. The molecule has 1 aromatic carbocycles. The quantitative estimate of drug-likeness (QED) is 0.436. The number of hydrogen-bond acceptors (Lipinski definition) is 2. The molecule has 0 heterocycles. The summed E-state index contributed by atoms with van der Waals surface area (Å²) in [5, 5.41) is 8.55. The zero-order valence-electron chi connectivity index (χ0n) is 5.83. The second kappa shape index (κ2) is 2.77. The van der Waals surface area contributed by atoms with Crippen molar-refractivity contribution >= 4 is 5.69 Å². The topological polar surface area (TPSA) is 49.8 Å². The Labute approximate surface area is 65.3 Å². The number of nitrogen functional groups attached to an aromatic ring is 1. The molecule has 0 aliphatic carbocycles. The van der Waals surface area contributed by atoms with E-state index in [2.05, 4.69) is 5.92 Å². The SMILES string of the molecule is C#Cc1cc(N)ccc1C#N. The molecule has 0 amide bonds. The molecular weight excluding hydrogens is 136 g/mol. The molecule has 0 radical (unpaired) electrons. The molecule has 0 saturated heterocycles. The van der Waals surface area contributed by atoms with E-state index in [1.165, 1.54) is 0 Å². The van der Waals surface area contributed by atoms with Gasteiger partial charge in [0.2, 0.25) is 0 Å². The largest absolute Gasteiger partial charge is 0.399 e. The minimum atomic E-state index is 0.488. The molecule has 0 aliphatic heterocycles. The van der Waals surface area contributed by atoms with Crippen molar-refractivity contribution in [2.24, 2.45) is 0 Å². The molecule has 0 spiro atoms. The zero-order chi connectivity index (χ0) is 8.27. The third kappa shape index (κ3) is 1.31. The monoisotopic (exact) mass is 142 g/mol. The Bertz CT molecular complexity index is 353. The third-order valence-corrected chi connectivity index (χ3v) is 1.32. The van der Waals surface area contributed by atoms with Crippen molar-refractivity contribution in [3.05, 3.63) is 29.3 Å². The summed E-state index contributed by atoms with van der Waals surface area (Å²) in [5.41, 5.74) is 7.07. The lowest BCUT2D eigenvalue weighted by Crippen LogP contribution is -1.88. The molecule has 0 fully saturated rings. The van der Waals surface area contributed by atoms with Gasteiger partial charge in [0, 0.05) is 11.3 Å². The molecule has 0 aromatic heterocycles. The van der Waals surface area contributed by atoms with Crippen LogP contribution in [0, 0.1) is 23.7 Å². The van der Waals surface area contributed by atoms with E-state index >= 15 is 0 Å². The predicted molar refractivity (Wildman–Crippen MR) is 43.5 cm³/mol. The lowest BCUT2D eigenvalue weighted by atomic mass is 10.1. The number of benzene rings is 1. The van der Waals surface area contributed by atoms with E-state index < -0.39 is 0 Å². The van der Waals surface area contributed by atoms with Gasteiger partial charge in [-0.3, -0.25) is 0 Å². The molecule has 0 aliphatic rings. The van der Waals surface area contributed by atoms with Crippen molar-refractivity contribution < 1.29 is 0 Å². The fourth-order valence-corrected chi connectivity index (χ4v) is 0.779. The van der Waals surface area contributed by atoms with E-state index in [1.54, 1.807) is 18.2 Å². The zero-order valence-corrected chi connectivity index (χ0v) is 5.83. The van der Waals surface area contributed by atoms with Crippen LogP contribution in [0.25, 0.3) is 0 Å². The first-order chi connectivity index (χ1) is 5.27. The average Bonchev–Trinajstić information content (AvgIpc) is 2.04. The smallest absolute Gasteiger partial charge is 0.100 e. The van der Waals surface area contributed by atoms with Gasteiger partial charge in [0.25, 0.3) is 0 Å². The summed E-state index contributed by atoms with van der Waals surface area (Å²) in [6, 6.07) is 6.85. The minimum Gasteiger partial charge on any atom is -0.399 e. The molecule has 0 unspecified atom stereocenters. The molecule has 0 atom stereocenters. The van der Waals surface area contributed by atoms with Crippen LogP contribution < -0.4 is 5.73 Å². The number of anilines is 1. The van der Waals surface area contributed by atoms with Crippen molar-refractivity contribution in [2.45, 2.75) is 0 Å². The van der Waals surface area contributed by atoms with Crippen LogP contribution >= 0.6 is 0 Å². The molecule has 2 nitrogen and oxygen atoms in total. The molecular formula is C9H6N2. The van der Waals surface area contributed by atoms with Crippen LogP contribution in [0.2, 0.25) is 0 Å². The van der Waals surface area contributed by atoms with E-state index in [4.69, 9.17) is 17.4 Å². The Morgan fingerprint density at radius 3 is 2.64 bits per heavy atom. The Kier molecular flexibility index (Phi) is 1.81. The van der Waals surface area contributed by atoms with E-state index in [0.29, 0.717) is 16.8 Å². The van der Waals surface area contributed by atoms with Gasteiger partial charge in [-0.25, -0.2) is 0 Å². The van der Waals surface area contributed by atoms with Gasteiger partial charge in [-0.15, -0.1) is 6.42 Å². The first-order valence-electron chi connectivity index (χ1n) is 3.04. The molecule has 0 bridgehead atoms. The fraction of sp³-hybridized carbons (Fsp3) is 0. The number of rotatable bonds is 0. The minimum absolute atomic E-state index is 0.488. The number of nitrogens with two attached hydrogens (primary N) is 1. The molecule has 0 saturated carbocycles. The standard InChI is InChI=1S/C9H6N2/c1-2-7-5-9(11)4-3-8(7)6-10/h1,3-5H,11H2. The highest BCUT2D eigenvalue weighted by Gasteiger charge is 1.97. The second-order valence-corrected chi connectivity index (χ2v) is 2.06. The summed E-state index contributed by atoms with van der Waals surface area (Å²) < 4.78 is 0.